The highest BCUT2D eigenvalue weighted by molar-refractivity contribution is 5.71. The first-order valence-electron chi connectivity index (χ1n) is 26.6. The molecule has 0 rings (SSSR count). The van der Waals surface area contributed by atoms with Crippen molar-refractivity contribution in [1.82, 2.24) is 0 Å². The predicted octanol–water partition coefficient (Wildman–Crippen LogP) is 17.5. The Kier molecular flexibility index (Phi) is 48.8. The first kappa shape index (κ1) is 59.4. The molecule has 0 saturated heterocycles. The summed E-state index contributed by atoms with van der Waals surface area (Å²) in [5.41, 5.74) is 0. The summed E-state index contributed by atoms with van der Waals surface area (Å²) in [7, 11) is 0. The van der Waals surface area contributed by atoms with E-state index >= 15 is 0 Å². The van der Waals surface area contributed by atoms with Gasteiger partial charge in [-0.05, 0) is 83.5 Å². The average Bonchev–Trinajstić information content (AvgIpc) is 3.27. The van der Waals surface area contributed by atoms with Crippen LogP contribution in [0.25, 0.3) is 0 Å². The Balaban J connectivity index is 4.40. The maximum atomic E-state index is 12.8. The van der Waals surface area contributed by atoms with Gasteiger partial charge >= 0.3 is 17.9 Å². The summed E-state index contributed by atoms with van der Waals surface area (Å²) in [4.78, 5) is 38.0. The SMILES string of the molecule is CCCCC/C=C\C/C=C\C/C=C\CCCCCCC(=O)OC[C@H](COC(=O)CCCCCCCCCCCCCC)OC(=O)CCCCCCCCC/C=C\CCCCCC. The molecule has 1 atom stereocenters. The summed E-state index contributed by atoms with van der Waals surface area (Å²) in [5.74, 6) is -0.898. The first-order valence-corrected chi connectivity index (χ1v) is 26.6. The Hall–Kier alpha value is -2.63. The molecule has 6 nitrogen and oxygen atoms in total. The molecule has 0 N–H and O–H groups in total. The minimum Gasteiger partial charge on any atom is -0.462 e. The molecule has 0 fully saturated rings. The van der Waals surface area contributed by atoms with Crippen LogP contribution in [0.2, 0.25) is 0 Å². The summed E-state index contributed by atoms with van der Waals surface area (Å²) in [6.45, 7) is 6.59. The molecule has 0 bridgehead atoms. The fraction of sp³-hybridized carbons (Fsp3) is 0.804. The Bertz CT molecular complexity index is 1090. The van der Waals surface area contributed by atoms with Gasteiger partial charge in [-0.3, -0.25) is 14.4 Å². The Morgan fingerprint density at radius 2 is 0.581 bits per heavy atom. The topological polar surface area (TPSA) is 78.9 Å². The predicted molar refractivity (Wildman–Crippen MR) is 265 cm³/mol. The van der Waals surface area contributed by atoms with Crippen molar-refractivity contribution in [1.29, 1.82) is 0 Å². The van der Waals surface area contributed by atoms with Crippen LogP contribution in [0, 0.1) is 0 Å². The van der Waals surface area contributed by atoms with Gasteiger partial charge < -0.3 is 14.2 Å². The van der Waals surface area contributed by atoms with E-state index in [1.165, 1.54) is 148 Å². The van der Waals surface area contributed by atoms with Crippen molar-refractivity contribution in [2.45, 2.75) is 277 Å². The second-order valence-corrected chi connectivity index (χ2v) is 17.8. The number of ether oxygens (including phenoxy) is 3. The smallest absolute Gasteiger partial charge is 0.306 e. The molecule has 62 heavy (non-hydrogen) atoms. The van der Waals surface area contributed by atoms with Crippen molar-refractivity contribution in [2.24, 2.45) is 0 Å². The lowest BCUT2D eigenvalue weighted by atomic mass is 10.0. The van der Waals surface area contributed by atoms with Gasteiger partial charge in [0.05, 0.1) is 0 Å². The van der Waals surface area contributed by atoms with Gasteiger partial charge in [-0.15, -0.1) is 0 Å². The molecule has 0 radical (unpaired) electrons. The number of rotatable bonds is 48. The van der Waals surface area contributed by atoms with Crippen LogP contribution in [-0.2, 0) is 28.6 Å². The normalized spacial score (nSPS) is 12.4. The number of esters is 3. The second kappa shape index (κ2) is 51.0. The van der Waals surface area contributed by atoms with Crippen LogP contribution < -0.4 is 0 Å². The zero-order valence-electron chi connectivity index (χ0n) is 41.1. The molecule has 0 aromatic rings. The van der Waals surface area contributed by atoms with Crippen LogP contribution in [0.5, 0.6) is 0 Å². The van der Waals surface area contributed by atoms with Crippen LogP contribution in [-0.4, -0.2) is 37.2 Å². The van der Waals surface area contributed by atoms with E-state index in [0.717, 1.165) is 83.5 Å². The fourth-order valence-corrected chi connectivity index (χ4v) is 7.50. The molecule has 360 valence electrons. The molecule has 0 spiro atoms. The van der Waals surface area contributed by atoms with Crippen molar-refractivity contribution >= 4 is 17.9 Å². The lowest BCUT2D eigenvalue weighted by Gasteiger charge is -2.18. The van der Waals surface area contributed by atoms with Gasteiger partial charge in [0.25, 0.3) is 0 Å². The highest BCUT2D eigenvalue weighted by Gasteiger charge is 2.19. The maximum Gasteiger partial charge on any atom is 0.306 e. The monoisotopic (exact) mass is 869 g/mol. The summed E-state index contributed by atoms with van der Waals surface area (Å²) in [6.07, 6.45) is 60.9. The number of carbonyl (C=O) groups excluding carboxylic acids is 3. The van der Waals surface area contributed by atoms with Crippen LogP contribution in [0.4, 0.5) is 0 Å². The number of allylic oxidation sites excluding steroid dienone is 8. The average molecular weight is 869 g/mol. The molecule has 0 unspecified atom stereocenters. The van der Waals surface area contributed by atoms with E-state index < -0.39 is 6.10 Å². The van der Waals surface area contributed by atoms with Crippen LogP contribution in [0.1, 0.15) is 271 Å². The van der Waals surface area contributed by atoms with Crippen molar-refractivity contribution in [2.75, 3.05) is 13.2 Å². The largest absolute Gasteiger partial charge is 0.462 e. The van der Waals surface area contributed by atoms with Crippen LogP contribution in [0.15, 0.2) is 48.6 Å². The third-order valence-corrected chi connectivity index (χ3v) is 11.6. The van der Waals surface area contributed by atoms with E-state index in [0.29, 0.717) is 19.3 Å². The van der Waals surface area contributed by atoms with E-state index in [2.05, 4.69) is 69.4 Å². The van der Waals surface area contributed by atoms with Crippen molar-refractivity contribution in [3.63, 3.8) is 0 Å². The molecule has 0 amide bonds. The quantitative estimate of drug-likeness (QED) is 0.0262. The first-order chi connectivity index (χ1) is 30.5. The molecule has 0 aliphatic carbocycles. The number of carbonyl (C=O) groups is 3. The van der Waals surface area contributed by atoms with Gasteiger partial charge in [0.1, 0.15) is 13.2 Å². The molecule has 0 aromatic heterocycles. The van der Waals surface area contributed by atoms with Gasteiger partial charge in [-0.2, -0.15) is 0 Å². The summed E-state index contributed by atoms with van der Waals surface area (Å²) in [5, 5.41) is 0. The lowest BCUT2D eigenvalue weighted by molar-refractivity contribution is -0.167. The zero-order chi connectivity index (χ0) is 45.1. The number of hydrogen-bond donors (Lipinski definition) is 0. The molecular formula is C56H100O6. The van der Waals surface area contributed by atoms with Gasteiger partial charge in [0.2, 0.25) is 0 Å². The van der Waals surface area contributed by atoms with E-state index in [9.17, 15) is 14.4 Å². The maximum absolute atomic E-state index is 12.8. The standard InChI is InChI=1S/C56H100O6/c1-4-7-10-13-16-19-22-25-27-28-30-31-34-37-40-43-46-49-55(58)61-52-53(51-60-54(57)48-45-42-39-36-33-24-21-18-15-12-9-6-3)62-56(59)50-47-44-41-38-35-32-29-26-23-20-17-14-11-8-5-2/h16,19-20,23,25,27,30-31,53H,4-15,17-18,21-22,24,26,28-29,32-52H2,1-3H3/b19-16-,23-20-,27-25-,31-30-/t53-/m0/s1. The van der Waals surface area contributed by atoms with Gasteiger partial charge in [0.15, 0.2) is 6.10 Å². The fourth-order valence-electron chi connectivity index (χ4n) is 7.50. The van der Waals surface area contributed by atoms with Crippen LogP contribution in [0.3, 0.4) is 0 Å². The Morgan fingerprint density at radius 3 is 0.968 bits per heavy atom. The minimum absolute atomic E-state index is 0.0797. The van der Waals surface area contributed by atoms with Crippen molar-refractivity contribution in [3.05, 3.63) is 48.6 Å². The summed E-state index contributed by atoms with van der Waals surface area (Å²) in [6, 6.07) is 0. The third kappa shape index (κ3) is 48.4. The Morgan fingerprint density at radius 1 is 0.323 bits per heavy atom. The van der Waals surface area contributed by atoms with Gasteiger partial charge in [-0.25, -0.2) is 0 Å². The number of hydrogen-bond acceptors (Lipinski definition) is 6. The van der Waals surface area contributed by atoms with E-state index in [4.69, 9.17) is 14.2 Å². The van der Waals surface area contributed by atoms with Gasteiger partial charge in [0, 0.05) is 19.3 Å². The number of unbranched alkanes of at least 4 members (excludes halogenated alkanes) is 29. The van der Waals surface area contributed by atoms with E-state index in [1.807, 2.05) is 0 Å². The molecule has 6 heteroatoms. The van der Waals surface area contributed by atoms with Gasteiger partial charge in [-0.1, -0.05) is 217 Å². The summed E-state index contributed by atoms with van der Waals surface area (Å²) >= 11 is 0. The second-order valence-electron chi connectivity index (χ2n) is 17.8. The lowest BCUT2D eigenvalue weighted by Crippen LogP contribution is -2.30. The van der Waals surface area contributed by atoms with Crippen molar-refractivity contribution in [3.8, 4) is 0 Å². The van der Waals surface area contributed by atoms with Crippen molar-refractivity contribution < 1.29 is 28.6 Å². The highest BCUT2D eigenvalue weighted by Crippen LogP contribution is 2.15. The van der Waals surface area contributed by atoms with E-state index in [-0.39, 0.29) is 31.1 Å². The molecule has 0 saturated carbocycles. The zero-order valence-corrected chi connectivity index (χ0v) is 41.1. The van der Waals surface area contributed by atoms with E-state index in [1.54, 1.807) is 0 Å². The van der Waals surface area contributed by atoms with Crippen LogP contribution >= 0.6 is 0 Å². The molecule has 0 aliphatic heterocycles. The third-order valence-electron chi connectivity index (χ3n) is 11.6. The summed E-state index contributed by atoms with van der Waals surface area (Å²) < 4.78 is 16.8. The molecule has 0 aliphatic rings. The molecular weight excluding hydrogens is 769 g/mol. The minimum atomic E-state index is -0.781. The molecule has 0 aromatic carbocycles. The Labute approximate surface area is 384 Å². The molecule has 0 heterocycles. The highest BCUT2D eigenvalue weighted by atomic mass is 16.6.